The van der Waals surface area contributed by atoms with Crippen molar-refractivity contribution in [2.24, 2.45) is 36.1 Å². The van der Waals surface area contributed by atoms with Gasteiger partial charge in [0.1, 0.15) is 11.5 Å². The molecular weight excluding hydrogens is 720 g/mol. The number of phenols is 1. The Morgan fingerprint density at radius 3 is 2.57 bits per heavy atom. The van der Waals surface area contributed by atoms with Gasteiger partial charge in [-0.3, -0.25) is 33.6 Å². The molecule has 2 aromatic heterocycles. The van der Waals surface area contributed by atoms with Gasteiger partial charge in [-0.25, -0.2) is 4.90 Å². The Morgan fingerprint density at radius 2 is 1.85 bits per heavy atom. The number of allylic oxidation sites excluding steroid dienone is 2. The Labute approximate surface area is 313 Å². The van der Waals surface area contributed by atoms with Crippen molar-refractivity contribution in [3.63, 3.8) is 0 Å². The molecule has 8 rings (SSSR count). The molecule has 12 nitrogen and oxygen atoms in total. The van der Waals surface area contributed by atoms with Crippen molar-refractivity contribution in [2.75, 3.05) is 18.6 Å². The lowest BCUT2D eigenvalue weighted by atomic mass is 9.51. The van der Waals surface area contributed by atoms with Crippen molar-refractivity contribution in [1.29, 1.82) is 0 Å². The molecule has 2 N–H and O–H groups in total. The number of carboxylic acid groups (broad SMARTS) is 1. The van der Waals surface area contributed by atoms with E-state index >= 15 is 4.79 Å². The highest BCUT2D eigenvalue weighted by atomic mass is 35.5. The van der Waals surface area contributed by atoms with Gasteiger partial charge in [-0.15, -0.1) is 11.3 Å². The van der Waals surface area contributed by atoms with Crippen molar-refractivity contribution in [3.05, 3.63) is 70.3 Å². The fraction of sp³-hybridized carbons (Fsp3) is 0.385. The maximum atomic E-state index is 15.0. The molecular formula is C39H37ClN4O8S. The predicted octanol–water partition coefficient (Wildman–Crippen LogP) is 6.07. The molecule has 1 saturated carbocycles. The number of fused-ring (bicyclic) bond motifs is 5. The standard InChI is InChI=1S/C39H37ClN4O8S/c1-18-23-15-20(40)8-12-29(23)53-34(18)26-17-30(42(3)41-26)44-36(49)25-16-24-21(9-10-22-32(24)37(50)43(35(22)48)13-5-6-31(46)47)33(39(25,2)38(44)51)19-7-11-28(52-4)27(45)14-19/h7-9,11-12,14-15,17,22,24-25,32-33,45H,5-6,10,13,16H2,1-4H3,(H,46,47)/t22-,24+,25-,32-,33-,39+/m0/s1. The number of nitrogens with zero attached hydrogens (tertiary/aromatic N) is 4. The Balaban J connectivity index is 1.22. The van der Waals surface area contributed by atoms with Crippen LogP contribution in [0, 0.1) is 36.0 Å². The zero-order chi connectivity index (χ0) is 37.7. The van der Waals surface area contributed by atoms with Gasteiger partial charge in [0.05, 0.1) is 35.2 Å². The first kappa shape index (κ1) is 35.0. The van der Waals surface area contributed by atoms with Crippen LogP contribution >= 0.6 is 22.9 Å². The van der Waals surface area contributed by atoms with E-state index < -0.39 is 52.8 Å². The number of ether oxygens (including phenoxy) is 1. The molecule has 3 fully saturated rings. The summed E-state index contributed by atoms with van der Waals surface area (Å²) < 4.78 is 7.88. The Morgan fingerprint density at radius 1 is 1.08 bits per heavy atom. The van der Waals surface area contributed by atoms with E-state index in [0.29, 0.717) is 22.1 Å². The lowest BCUT2D eigenvalue weighted by molar-refractivity contribution is -0.142. The summed E-state index contributed by atoms with van der Waals surface area (Å²) in [5.41, 5.74) is 1.61. The van der Waals surface area contributed by atoms with Crippen LogP contribution < -0.4 is 9.64 Å². The molecule has 2 saturated heterocycles. The summed E-state index contributed by atoms with van der Waals surface area (Å²) in [6, 6.07) is 12.4. The number of anilines is 1. The topological polar surface area (TPSA) is 159 Å². The van der Waals surface area contributed by atoms with Crippen molar-refractivity contribution in [1.82, 2.24) is 14.7 Å². The number of benzene rings is 2. The molecule has 53 heavy (non-hydrogen) atoms. The van der Waals surface area contributed by atoms with Crippen molar-refractivity contribution in [2.45, 2.75) is 45.4 Å². The van der Waals surface area contributed by atoms with E-state index in [-0.39, 0.29) is 55.5 Å². The van der Waals surface area contributed by atoms with Gasteiger partial charge in [0.2, 0.25) is 23.6 Å². The lowest BCUT2D eigenvalue weighted by Gasteiger charge is -2.49. The second-order valence-electron chi connectivity index (χ2n) is 14.6. The molecule has 4 aliphatic rings. The number of imide groups is 2. The van der Waals surface area contributed by atoms with Gasteiger partial charge in [-0.1, -0.05) is 29.3 Å². The third-order valence-electron chi connectivity index (χ3n) is 11.9. The number of aliphatic carboxylic acids is 1. The highest BCUT2D eigenvalue weighted by Crippen LogP contribution is 2.64. The summed E-state index contributed by atoms with van der Waals surface area (Å²) in [6.07, 6.45) is 2.31. The molecule has 0 spiro atoms. The van der Waals surface area contributed by atoms with Gasteiger partial charge >= 0.3 is 5.97 Å². The minimum atomic E-state index is -1.32. The molecule has 4 amide bonds. The first-order valence-corrected chi connectivity index (χ1v) is 18.7. The number of phenolic OH excluding ortho intramolecular Hbond substituents is 1. The van der Waals surface area contributed by atoms with E-state index in [1.54, 1.807) is 49.6 Å². The first-order valence-electron chi connectivity index (χ1n) is 17.5. The van der Waals surface area contributed by atoms with E-state index in [1.807, 2.05) is 31.2 Å². The lowest BCUT2D eigenvalue weighted by Crippen LogP contribution is -2.48. The van der Waals surface area contributed by atoms with Gasteiger partial charge in [0, 0.05) is 41.7 Å². The van der Waals surface area contributed by atoms with Gasteiger partial charge in [-0.2, -0.15) is 5.10 Å². The summed E-state index contributed by atoms with van der Waals surface area (Å²) >= 11 is 7.84. The molecule has 2 aliphatic carbocycles. The summed E-state index contributed by atoms with van der Waals surface area (Å²) in [6.45, 7) is 3.76. The number of methoxy groups -OCH3 is 1. The molecule has 14 heteroatoms. The average molecular weight is 757 g/mol. The van der Waals surface area contributed by atoms with Crippen molar-refractivity contribution < 1.29 is 38.9 Å². The third kappa shape index (κ3) is 5.14. The Bertz CT molecular complexity index is 2310. The third-order valence-corrected chi connectivity index (χ3v) is 13.4. The summed E-state index contributed by atoms with van der Waals surface area (Å²) in [4.78, 5) is 71.9. The Kier molecular flexibility index (Phi) is 8.30. The zero-order valence-electron chi connectivity index (χ0n) is 29.5. The molecule has 6 atom stereocenters. The van der Waals surface area contributed by atoms with E-state index in [4.69, 9.17) is 26.5 Å². The fourth-order valence-corrected chi connectivity index (χ4v) is 10.7. The predicted molar refractivity (Wildman–Crippen MR) is 197 cm³/mol. The molecule has 2 aliphatic heterocycles. The zero-order valence-corrected chi connectivity index (χ0v) is 31.0. The maximum absolute atomic E-state index is 15.0. The van der Waals surface area contributed by atoms with Crippen molar-refractivity contribution >= 4 is 68.4 Å². The van der Waals surface area contributed by atoms with E-state index in [2.05, 4.69) is 0 Å². The number of carboxylic acids is 1. The van der Waals surface area contributed by atoms with Crippen molar-refractivity contribution in [3.8, 4) is 22.1 Å². The highest BCUT2D eigenvalue weighted by molar-refractivity contribution is 7.22. The second kappa shape index (κ2) is 12.6. The molecule has 4 aromatic rings. The highest BCUT2D eigenvalue weighted by Gasteiger charge is 2.68. The number of carbonyl (C=O) groups excluding carboxylic acids is 4. The molecule has 0 unspecified atom stereocenters. The van der Waals surface area contributed by atoms with Crippen LogP contribution in [0.3, 0.4) is 0 Å². The van der Waals surface area contributed by atoms with Gasteiger partial charge in [-0.05, 0) is 85.9 Å². The minimum absolute atomic E-state index is 0.00369. The van der Waals surface area contributed by atoms with Gasteiger partial charge in [0.15, 0.2) is 11.5 Å². The molecule has 4 heterocycles. The number of amides is 4. The summed E-state index contributed by atoms with van der Waals surface area (Å²) in [7, 11) is 3.13. The van der Waals surface area contributed by atoms with Crippen LogP contribution in [0.25, 0.3) is 20.7 Å². The maximum Gasteiger partial charge on any atom is 0.303 e. The quantitative estimate of drug-likeness (QED) is 0.161. The smallest absolute Gasteiger partial charge is 0.303 e. The summed E-state index contributed by atoms with van der Waals surface area (Å²) in [5, 5.41) is 26.5. The van der Waals surface area contributed by atoms with Crippen LogP contribution in [0.1, 0.15) is 49.7 Å². The number of hydrogen-bond donors (Lipinski definition) is 2. The number of likely N-dealkylation sites (tertiary alicyclic amines) is 1. The largest absolute Gasteiger partial charge is 0.504 e. The van der Waals surface area contributed by atoms with Crippen LogP contribution in [-0.4, -0.2) is 68.1 Å². The number of aryl methyl sites for hydroxylation is 2. The SMILES string of the molecule is COc1ccc([C@H]2C3=CC[C@@H]4C(=O)N(CCCC(=O)O)C(=O)[C@@H]4[C@@H]3C[C@H]3C(=O)N(c4cc(-c5sc6ccc(Cl)cc6c5C)nn4C)C(=O)[C@@]23C)cc1O. The van der Waals surface area contributed by atoms with Crippen LogP contribution in [0.2, 0.25) is 5.02 Å². The number of hydrogen-bond acceptors (Lipinski definition) is 9. The van der Waals surface area contributed by atoms with E-state index in [9.17, 15) is 24.3 Å². The molecule has 0 radical (unpaired) electrons. The number of carbonyl (C=O) groups is 5. The van der Waals surface area contributed by atoms with E-state index in [1.165, 1.54) is 21.6 Å². The number of aromatic nitrogens is 2. The second-order valence-corrected chi connectivity index (χ2v) is 16.1. The number of halogens is 1. The van der Waals surface area contributed by atoms with Crippen LogP contribution in [0.15, 0.2) is 54.1 Å². The van der Waals surface area contributed by atoms with Crippen LogP contribution in [-0.2, 0) is 31.0 Å². The first-order chi connectivity index (χ1) is 25.3. The molecule has 0 bridgehead atoms. The Hall–Kier alpha value is -5.01. The molecule has 2 aromatic carbocycles. The summed E-state index contributed by atoms with van der Waals surface area (Å²) in [5.74, 6) is -5.74. The molecule has 274 valence electrons. The van der Waals surface area contributed by atoms with Crippen LogP contribution in [0.4, 0.5) is 5.82 Å². The number of rotatable bonds is 8. The fourth-order valence-electron chi connectivity index (χ4n) is 9.39. The van der Waals surface area contributed by atoms with Gasteiger partial charge < -0.3 is 14.9 Å². The monoisotopic (exact) mass is 756 g/mol. The minimum Gasteiger partial charge on any atom is -0.504 e. The average Bonchev–Trinajstić information content (AvgIpc) is 3.78. The van der Waals surface area contributed by atoms with Gasteiger partial charge in [0.25, 0.3) is 0 Å². The number of aromatic hydroxyl groups is 1. The number of thiophene rings is 1. The normalized spacial score (nSPS) is 26.6. The van der Waals surface area contributed by atoms with Crippen LogP contribution in [0.5, 0.6) is 11.5 Å². The van der Waals surface area contributed by atoms with E-state index in [0.717, 1.165) is 26.1 Å².